The lowest BCUT2D eigenvalue weighted by atomic mass is 9.76. The second-order valence-corrected chi connectivity index (χ2v) is 13.8. The maximum atomic E-state index is 11.0. The van der Waals surface area contributed by atoms with Crippen LogP contribution in [0.4, 0.5) is 5.82 Å². The minimum absolute atomic E-state index is 0.106. The number of imidazole rings is 1. The summed E-state index contributed by atoms with van der Waals surface area (Å²) in [7, 11) is 0. The molecule has 4 heterocycles. The minimum atomic E-state index is -1.13. The summed E-state index contributed by atoms with van der Waals surface area (Å²) >= 11 is 6.40. The van der Waals surface area contributed by atoms with Crippen molar-refractivity contribution in [2.45, 2.75) is 102 Å². The fourth-order valence-corrected chi connectivity index (χ4v) is 6.84. The molecule has 2 fully saturated rings. The maximum Gasteiger partial charge on any atom is 0.164 e. The molecule has 1 aliphatic carbocycles. The smallest absolute Gasteiger partial charge is 0.164 e. The number of H-pyrrole nitrogens is 1. The number of ether oxygens (including phenoxy) is 1. The SMILES string of the molecule is CC(C)N(C[C@H]1O[C@@H](n2cc(Cl)c3c(N)ncnc32)[C@H](O)[C@@H]1O)C1CC(CCc2nc3ccc(C(C)(C)C)cc3[nH]2)C1. The number of aromatic nitrogens is 5. The van der Waals surface area contributed by atoms with Gasteiger partial charge in [-0.3, -0.25) is 4.90 Å². The van der Waals surface area contributed by atoms with Gasteiger partial charge >= 0.3 is 0 Å². The predicted molar refractivity (Wildman–Crippen MR) is 164 cm³/mol. The number of aliphatic hydroxyl groups excluding tert-OH is 2. The normalized spacial score (nSPS) is 26.6. The zero-order chi connectivity index (χ0) is 29.9. The number of rotatable bonds is 8. The molecular weight excluding hydrogens is 554 g/mol. The van der Waals surface area contributed by atoms with Crippen molar-refractivity contribution in [3.8, 4) is 0 Å². The standard InChI is InChI=1S/C31H42ClN7O3/c1-16(2)38(14-23-26(40)27(41)30(42-23)39-13-20(32)25-28(33)34-15-35-29(25)39)19-10-17(11-19)6-9-24-36-21-8-7-18(31(3,4)5)12-22(21)37-24/h7-8,12-13,15-17,19,23,26-27,30,40-41H,6,9-11,14H2,1-5H3,(H,36,37)(H2,33,34,35)/t17?,19?,23-,26-,27-,30-/m1/s1. The van der Waals surface area contributed by atoms with Gasteiger partial charge in [0.2, 0.25) is 0 Å². The lowest BCUT2D eigenvalue weighted by Gasteiger charge is -2.46. The predicted octanol–water partition coefficient (Wildman–Crippen LogP) is 4.58. The lowest BCUT2D eigenvalue weighted by Crippen LogP contribution is -2.52. The molecule has 0 spiro atoms. The average molecular weight is 596 g/mol. The third-order valence-corrected chi connectivity index (χ3v) is 9.41. The molecule has 6 rings (SSSR count). The Balaban J connectivity index is 1.07. The number of aromatic amines is 1. The van der Waals surface area contributed by atoms with Gasteiger partial charge in [-0.1, -0.05) is 38.4 Å². The fraction of sp³-hybridized carbons (Fsp3) is 0.581. The zero-order valence-corrected chi connectivity index (χ0v) is 25.7. The topological polar surface area (TPSA) is 138 Å². The molecule has 0 radical (unpaired) electrons. The molecule has 0 unspecified atom stereocenters. The molecule has 4 aromatic rings. The summed E-state index contributed by atoms with van der Waals surface area (Å²) < 4.78 is 7.92. The van der Waals surface area contributed by atoms with Gasteiger partial charge < -0.3 is 30.2 Å². The van der Waals surface area contributed by atoms with Crippen molar-refractivity contribution in [1.29, 1.82) is 0 Å². The number of nitrogens with zero attached hydrogens (tertiary/aromatic N) is 5. The van der Waals surface area contributed by atoms with Crippen LogP contribution in [0.5, 0.6) is 0 Å². The fourth-order valence-electron chi connectivity index (χ4n) is 6.55. The van der Waals surface area contributed by atoms with E-state index in [1.807, 2.05) is 0 Å². The first-order valence-corrected chi connectivity index (χ1v) is 15.3. The van der Waals surface area contributed by atoms with Gasteiger partial charge in [0.15, 0.2) is 6.23 Å². The van der Waals surface area contributed by atoms with Crippen molar-refractivity contribution in [2.75, 3.05) is 12.3 Å². The van der Waals surface area contributed by atoms with E-state index in [4.69, 9.17) is 27.1 Å². The second-order valence-electron chi connectivity index (χ2n) is 13.4. The molecular formula is C31H42ClN7O3. The molecule has 5 N–H and O–H groups in total. The van der Waals surface area contributed by atoms with Crippen LogP contribution < -0.4 is 5.73 Å². The highest BCUT2D eigenvalue weighted by Crippen LogP contribution is 2.39. The first-order valence-electron chi connectivity index (χ1n) is 14.9. The molecule has 0 amide bonds. The number of aliphatic hydroxyl groups is 2. The number of anilines is 1. The van der Waals surface area contributed by atoms with Gasteiger partial charge in [-0.05, 0) is 62.1 Å². The Morgan fingerprint density at radius 1 is 1.19 bits per heavy atom. The van der Waals surface area contributed by atoms with Crippen LogP contribution in [0.1, 0.15) is 71.5 Å². The molecule has 226 valence electrons. The van der Waals surface area contributed by atoms with Gasteiger partial charge in [0, 0.05) is 31.2 Å². The summed E-state index contributed by atoms with van der Waals surface area (Å²) in [5.41, 5.74) is 10.0. The van der Waals surface area contributed by atoms with Crippen molar-refractivity contribution in [2.24, 2.45) is 5.92 Å². The molecule has 1 aliphatic heterocycles. The van der Waals surface area contributed by atoms with Crippen molar-refractivity contribution >= 4 is 39.5 Å². The van der Waals surface area contributed by atoms with Crippen LogP contribution >= 0.6 is 11.6 Å². The number of hydrogen-bond acceptors (Lipinski definition) is 8. The molecule has 3 aromatic heterocycles. The molecule has 0 bridgehead atoms. The first kappa shape index (κ1) is 29.3. The summed E-state index contributed by atoms with van der Waals surface area (Å²) in [6, 6.07) is 7.19. The number of halogens is 1. The van der Waals surface area contributed by atoms with E-state index in [2.05, 4.69) is 72.7 Å². The van der Waals surface area contributed by atoms with Crippen molar-refractivity contribution in [3.63, 3.8) is 0 Å². The average Bonchev–Trinajstić information content (AvgIpc) is 3.55. The summed E-state index contributed by atoms with van der Waals surface area (Å²) in [6.07, 6.45) is 3.61. The van der Waals surface area contributed by atoms with Gasteiger partial charge in [-0.15, -0.1) is 0 Å². The first-order chi connectivity index (χ1) is 19.9. The van der Waals surface area contributed by atoms with Crippen LogP contribution in [0.15, 0.2) is 30.7 Å². The lowest BCUT2D eigenvalue weighted by molar-refractivity contribution is -0.0618. The molecule has 2 aliphatic rings. The van der Waals surface area contributed by atoms with Crippen LogP contribution in [0, 0.1) is 5.92 Å². The zero-order valence-electron chi connectivity index (χ0n) is 25.0. The number of benzene rings is 1. The Morgan fingerprint density at radius 2 is 1.95 bits per heavy atom. The number of aryl methyl sites for hydroxylation is 1. The van der Waals surface area contributed by atoms with Crippen LogP contribution in [0.2, 0.25) is 5.02 Å². The number of fused-ring (bicyclic) bond motifs is 2. The number of nitrogens with two attached hydrogens (primary N) is 1. The molecule has 10 nitrogen and oxygen atoms in total. The van der Waals surface area contributed by atoms with Crippen LogP contribution in [0.3, 0.4) is 0 Å². The third-order valence-electron chi connectivity index (χ3n) is 9.12. The monoisotopic (exact) mass is 595 g/mol. The highest BCUT2D eigenvalue weighted by molar-refractivity contribution is 6.36. The van der Waals surface area contributed by atoms with Crippen molar-refractivity contribution < 1.29 is 14.9 Å². The van der Waals surface area contributed by atoms with Crippen molar-refractivity contribution in [3.05, 3.63) is 47.1 Å². The van der Waals surface area contributed by atoms with E-state index in [1.54, 1.807) is 10.8 Å². The molecule has 11 heteroatoms. The molecule has 4 atom stereocenters. The van der Waals surface area contributed by atoms with E-state index < -0.39 is 24.5 Å². The minimum Gasteiger partial charge on any atom is -0.387 e. The van der Waals surface area contributed by atoms with Crippen molar-refractivity contribution in [1.82, 2.24) is 29.4 Å². The summed E-state index contributed by atoms with van der Waals surface area (Å²) in [5, 5.41) is 22.8. The summed E-state index contributed by atoms with van der Waals surface area (Å²) in [6.45, 7) is 11.5. The molecule has 42 heavy (non-hydrogen) atoms. The van der Waals surface area contributed by atoms with E-state index in [1.165, 1.54) is 11.9 Å². The maximum absolute atomic E-state index is 11.0. The number of nitrogens with one attached hydrogen (secondary N) is 1. The van der Waals surface area contributed by atoms with Crippen LogP contribution in [0.25, 0.3) is 22.1 Å². The van der Waals surface area contributed by atoms with E-state index in [0.29, 0.717) is 34.6 Å². The molecule has 1 aromatic carbocycles. The van der Waals surface area contributed by atoms with E-state index >= 15 is 0 Å². The van der Waals surface area contributed by atoms with Gasteiger partial charge in [-0.2, -0.15) is 0 Å². The Bertz CT molecular complexity index is 1570. The van der Waals surface area contributed by atoms with Crippen LogP contribution in [-0.4, -0.2) is 76.6 Å². The number of nitrogen functional groups attached to an aromatic ring is 1. The Hall–Kier alpha value is -2.76. The molecule has 1 saturated carbocycles. The van der Waals surface area contributed by atoms with E-state index in [0.717, 1.165) is 42.5 Å². The highest BCUT2D eigenvalue weighted by Gasteiger charge is 2.46. The van der Waals surface area contributed by atoms with Gasteiger partial charge in [0.05, 0.1) is 21.4 Å². The van der Waals surface area contributed by atoms with E-state index in [9.17, 15) is 10.2 Å². The summed E-state index contributed by atoms with van der Waals surface area (Å²) in [4.78, 5) is 19.1. The second kappa shape index (κ2) is 11.1. The Labute approximate surface area is 251 Å². The highest BCUT2D eigenvalue weighted by atomic mass is 35.5. The molecule has 1 saturated heterocycles. The van der Waals surface area contributed by atoms with Crippen LogP contribution in [-0.2, 0) is 16.6 Å². The third kappa shape index (κ3) is 5.39. The van der Waals surface area contributed by atoms with Gasteiger partial charge in [0.25, 0.3) is 0 Å². The largest absolute Gasteiger partial charge is 0.387 e. The summed E-state index contributed by atoms with van der Waals surface area (Å²) in [5.74, 6) is 1.93. The van der Waals surface area contributed by atoms with E-state index in [-0.39, 0.29) is 17.3 Å². The quantitative estimate of drug-likeness (QED) is 0.232. The number of hydrogen-bond donors (Lipinski definition) is 4. The van der Waals surface area contributed by atoms with Gasteiger partial charge in [0.1, 0.15) is 41.9 Å². The Morgan fingerprint density at radius 3 is 2.67 bits per heavy atom. The van der Waals surface area contributed by atoms with Gasteiger partial charge in [-0.25, -0.2) is 15.0 Å². The Kier molecular flexibility index (Phi) is 7.72.